The highest BCUT2D eigenvalue weighted by atomic mass is 14.4. The van der Waals surface area contributed by atoms with Crippen LogP contribution in [0.5, 0.6) is 0 Å². The predicted molar refractivity (Wildman–Crippen MR) is 176 cm³/mol. The third-order valence-electron chi connectivity index (χ3n) is 7.67. The minimum Gasteiger partial charge on any atom is -0.0683 e. The predicted octanol–water partition coefficient (Wildman–Crippen LogP) is 12.2. The van der Waals surface area contributed by atoms with Crippen molar-refractivity contribution in [3.63, 3.8) is 0 Å². The van der Waals surface area contributed by atoms with E-state index in [0.29, 0.717) is 0 Å². The van der Waals surface area contributed by atoms with E-state index >= 15 is 0 Å². The van der Waals surface area contributed by atoms with Crippen LogP contribution in [-0.2, 0) is 11.8 Å². The highest BCUT2D eigenvalue weighted by molar-refractivity contribution is 5.69. The molecule has 0 atom stereocenters. The highest BCUT2D eigenvalue weighted by Gasteiger charge is 2.34. The van der Waals surface area contributed by atoms with Crippen LogP contribution in [0.15, 0.2) is 97.1 Å². The molecule has 0 heteroatoms. The largest absolute Gasteiger partial charge is 0.0683 e. The molecule has 208 valence electrons. The fourth-order valence-electron chi connectivity index (χ4n) is 5.78. The summed E-state index contributed by atoms with van der Waals surface area (Å²) in [6, 6.07) is 36.1. The van der Waals surface area contributed by atoms with Crippen LogP contribution in [0.1, 0.15) is 95.9 Å². The Bertz CT molecular complexity index is 1210. The first-order chi connectivity index (χ1) is 19.1. The average molecular weight is 521 g/mol. The Labute approximate surface area is 240 Å². The molecule has 0 spiro atoms. The van der Waals surface area contributed by atoms with Crippen molar-refractivity contribution in [2.24, 2.45) is 0 Å². The van der Waals surface area contributed by atoms with Crippen LogP contribution in [0.3, 0.4) is 0 Å². The van der Waals surface area contributed by atoms with Crippen molar-refractivity contribution in [1.82, 2.24) is 0 Å². The zero-order valence-electron chi connectivity index (χ0n) is 26.0. The second-order valence-corrected chi connectivity index (χ2v) is 9.93. The van der Waals surface area contributed by atoms with Crippen molar-refractivity contribution in [3.8, 4) is 22.3 Å². The Hall–Kier alpha value is -3.12. The molecule has 0 aliphatic heterocycles. The van der Waals surface area contributed by atoms with Gasteiger partial charge >= 0.3 is 0 Å². The summed E-state index contributed by atoms with van der Waals surface area (Å²) < 4.78 is 0. The van der Waals surface area contributed by atoms with Gasteiger partial charge in [0.05, 0.1) is 0 Å². The molecule has 1 aliphatic carbocycles. The molecule has 39 heavy (non-hydrogen) atoms. The molecule has 0 nitrogen and oxygen atoms in total. The molecule has 0 N–H and O–H groups in total. The first-order valence-electron chi connectivity index (χ1n) is 15.5. The summed E-state index contributed by atoms with van der Waals surface area (Å²) in [6.45, 7) is 16.5. The van der Waals surface area contributed by atoms with Gasteiger partial charge in [0.1, 0.15) is 0 Å². The van der Waals surface area contributed by atoms with Gasteiger partial charge in [0.25, 0.3) is 0 Å². The molecule has 0 radical (unpaired) electrons. The Morgan fingerprint density at radius 1 is 0.513 bits per heavy atom. The number of hydrogen-bond acceptors (Lipinski definition) is 0. The monoisotopic (exact) mass is 520 g/mol. The van der Waals surface area contributed by atoms with Gasteiger partial charge in [0.15, 0.2) is 0 Å². The van der Waals surface area contributed by atoms with E-state index < -0.39 is 0 Å². The summed E-state index contributed by atoms with van der Waals surface area (Å²) in [5, 5.41) is 0. The van der Waals surface area contributed by atoms with Gasteiger partial charge in [-0.15, -0.1) is 0 Å². The van der Waals surface area contributed by atoms with Crippen molar-refractivity contribution in [3.05, 3.63) is 119 Å². The molecular formula is C39H52. The minimum absolute atomic E-state index is 0.221. The number of benzene rings is 4. The van der Waals surface area contributed by atoms with E-state index in [1.807, 2.05) is 41.5 Å². The van der Waals surface area contributed by atoms with Gasteiger partial charge in [-0.1, -0.05) is 158 Å². The van der Waals surface area contributed by atoms with Crippen LogP contribution >= 0.6 is 0 Å². The summed E-state index contributed by atoms with van der Waals surface area (Å²) in [5.74, 6) is 0. The molecule has 5 rings (SSSR count). The molecule has 4 aromatic rings. The summed E-state index contributed by atoms with van der Waals surface area (Å²) in [7, 11) is 0. The smallest absolute Gasteiger partial charge is 0.000643 e. The normalized spacial score (nSPS) is 13.4. The van der Waals surface area contributed by atoms with Gasteiger partial charge in [-0.25, -0.2) is 0 Å². The third-order valence-corrected chi connectivity index (χ3v) is 7.67. The lowest BCUT2D eigenvalue weighted by atomic mass is 9.65. The SMILES string of the molecule is CC.CC.CC.Cc1ccc(CC2(c3ccc(C)c(-c4ccccc4)c3)CCCCC2)cc1-c1ccccc1. The summed E-state index contributed by atoms with van der Waals surface area (Å²) in [5.41, 5.74) is 11.3. The molecule has 0 saturated heterocycles. The van der Waals surface area contributed by atoms with E-state index in [2.05, 4.69) is 111 Å². The van der Waals surface area contributed by atoms with Crippen LogP contribution in [0.25, 0.3) is 22.3 Å². The molecule has 0 unspecified atom stereocenters. The quantitative estimate of drug-likeness (QED) is 0.245. The molecule has 0 aromatic heterocycles. The van der Waals surface area contributed by atoms with Crippen LogP contribution in [-0.4, -0.2) is 0 Å². The van der Waals surface area contributed by atoms with E-state index in [0.717, 1.165) is 6.42 Å². The van der Waals surface area contributed by atoms with Crippen molar-refractivity contribution < 1.29 is 0 Å². The summed E-state index contributed by atoms with van der Waals surface area (Å²) in [4.78, 5) is 0. The lowest BCUT2D eigenvalue weighted by Crippen LogP contribution is -2.31. The Morgan fingerprint density at radius 2 is 0.974 bits per heavy atom. The molecular weight excluding hydrogens is 468 g/mol. The van der Waals surface area contributed by atoms with Crippen molar-refractivity contribution >= 4 is 0 Å². The van der Waals surface area contributed by atoms with Crippen molar-refractivity contribution in [1.29, 1.82) is 0 Å². The van der Waals surface area contributed by atoms with Crippen LogP contribution in [0.4, 0.5) is 0 Å². The molecule has 0 heterocycles. The van der Waals surface area contributed by atoms with E-state index in [9.17, 15) is 0 Å². The van der Waals surface area contributed by atoms with Gasteiger partial charge < -0.3 is 0 Å². The van der Waals surface area contributed by atoms with Gasteiger partial charge in [-0.05, 0) is 83.0 Å². The third kappa shape index (κ3) is 8.18. The first kappa shape index (κ1) is 32.1. The van der Waals surface area contributed by atoms with Crippen molar-refractivity contribution in [2.45, 2.75) is 99.3 Å². The molecule has 1 fully saturated rings. The lowest BCUT2D eigenvalue weighted by Gasteiger charge is -2.39. The average Bonchev–Trinajstić information content (AvgIpc) is 3.02. The first-order valence-corrected chi connectivity index (χ1v) is 15.5. The standard InChI is InChI=1S/C33H34.3C2H6/c1-25-16-18-27(22-31(25)28-12-6-3-7-13-28)24-33(20-10-5-11-21-33)30-19-17-26(2)32(23-30)29-14-8-4-9-15-29;3*1-2/h3-4,6-9,12-19,22-23H,5,10-11,20-21,24H2,1-2H3;3*1-2H3. The second-order valence-electron chi connectivity index (χ2n) is 9.93. The maximum absolute atomic E-state index is 2.50. The lowest BCUT2D eigenvalue weighted by molar-refractivity contribution is 0.290. The highest BCUT2D eigenvalue weighted by Crippen LogP contribution is 2.44. The van der Waals surface area contributed by atoms with Crippen LogP contribution < -0.4 is 0 Å². The van der Waals surface area contributed by atoms with Crippen LogP contribution in [0.2, 0.25) is 0 Å². The van der Waals surface area contributed by atoms with Gasteiger partial charge in [-0.2, -0.15) is 0 Å². The zero-order chi connectivity index (χ0) is 28.7. The number of rotatable bonds is 5. The van der Waals surface area contributed by atoms with Gasteiger partial charge in [-0.3, -0.25) is 0 Å². The maximum Gasteiger partial charge on any atom is -0.000643 e. The maximum atomic E-state index is 2.50. The van der Waals surface area contributed by atoms with Crippen LogP contribution in [0, 0.1) is 13.8 Å². The molecule has 0 bridgehead atoms. The van der Waals surface area contributed by atoms with E-state index in [1.54, 1.807) is 0 Å². The fraction of sp³-hybridized carbons (Fsp3) is 0.385. The number of aryl methyl sites for hydroxylation is 2. The van der Waals surface area contributed by atoms with E-state index in [-0.39, 0.29) is 5.41 Å². The Kier molecular flexibility index (Phi) is 13.8. The van der Waals surface area contributed by atoms with Gasteiger partial charge in [0.2, 0.25) is 0 Å². The zero-order valence-corrected chi connectivity index (χ0v) is 26.0. The molecule has 0 amide bonds. The second kappa shape index (κ2) is 16.8. The Morgan fingerprint density at radius 3 is 1.49 bits per heavy atom. The molecule has 1 saturated carbocycles. The minimum atomic E-state index is 0.221. The summed E-state index contributed by atoms with van der Waals surface area (Å²) >= 11 is 0. The van der Waals surface area contributed by atoms with Crippen molar-refractivity contribution in [2.75, 3.05) is 0 Å². The molecule has 1 aliphatic rings. The van der Waals surface area contributed by atoms with E-state index in [4.69, 9.17) is 0 Å². The Balaban J connectivity index is 0.000000833. The topological polar surface area (TPSA) is 0 Å². The number of hydrogen-bond donors (Lipinski definition) is 0. The van der Waals surface area contributed by atoms with E-state index in [1.165, 1.54) is 76.6 Å². The fourth-order valence-corrected chi connectivity index (χ4v) is 5.78. The molecule has 4 aromatic carbocycles. The summed E-state index contributed by atoms with van der Waals surface area (Å²) in [6.07, 6.45) is 7.68. The van der Waals surface area contributed by atoms with Gasteiger partial charge in [0, 0.05) is 0 Å².